The lowest BCUT2D eigenvalue weighted by Gasteiger charge is -2.47. The summed E-state index contributed by atoms with van der Waals surface area (Å²) < 4.78 is 16.6. The fraction of sp³-hybridized carbons (Fsp3) is 0.889. The van der Waals surface area contributed by atoms with Gasteiger partial charge in [0.25, 0.3) is 5.91 Å². The van der Waals surface area contributed by atoms with Crippen LogP contribution in [0.2, 0.25) is 0 Å². The van der Waals surface area contributed by atoms with Crippen LogP contribution in [0.4, 0.5) is 0 Å². The molecule has 2 rings (SSSR count). The monoisotopic (exact) mass is 436 g/mol. The summed E-state index contributed by atoms with van der Waals surface area (Å²) in [6.45, 7) is 5.71. The van der Waals surface area contributed by atoms with E-state index < -0.39 is 79.6 Å². The molecule has 12 heteroatoms. The third kappa shape index (κ3) is 5.45. The maximum atomic E-state index is 12.3. The fourth-order valence-electron chi connectivity index (χ4n) is 3.58. The van der Waals surface area contributed by atoms with Gasteiger partial charge in [-0.05, 0) is 20.8 Å². The molecule has 2 aliphatic rings. The molecule has 0 aliphatic carbocycles. The van der Waals surface area contributed by atoms with Crippen molar-refractivity contribution in [1.82, 2.24) is 10.6 Å². The van der Waals surface area contributed by atoms with Crippen molar-refractivity contribution in [2.24, 2.45) is 0 Å². The van der Waals surface area contributed by atoms with Crippen molar-refractivity contribution in [2.75, 3.05) is 6.61 Å². The minimum absolute atomic E-state index is 0.274. The Kier molecular flexibility index (Phi) is 8.53. The first-order valence-electron chi connectivity index (χ1n) is 9.84. The SMILES string of the molecule is CC(=O)NC1C(C)OC(CO)C(O)C1OC1OC(C(=O)NC(C)C)C(O)C(O)C1O. The summed E-state index contributed by atoms with van der Waals surface area (Å²) in [4.78, 5) is 23.9. The molecule has 174 valence electrons. The van der Waals surface area contributed by atoms with Gasteiger partial charge in [0.15, 0.2) is 12.4 Å². The maximum Gasteiger partial charge on any atom is 0.252 e. The Hall–Kier alpha value is -1.38. The summed E-state index contributed by atoms with van der Waals surface area (Å²) in [6, 6.07) is -1.16. The number of aliphatic hydroxyl groups excluding tert-OH is 5. The van der Waals surface area contributed by atoms with Crippen molar-refractivity contribution in [3.8, 4) is 0 Å². The third-order valence-electron chi connectivity index (χ3n) is 5.07. The molecule has 7 N–H and O–H groups in total. The second-order valence-electron chi connectivity index (χ2n) is 7.94. The Bertz CT molecular complexity index is 606. The molecule has 0 saturated carbocycles. The van der Waals surface area contributed by atoms with Gasteiger partial charge in [-0.1, -0.05) is 0 Å². The average molecular weight is 436 g/mol. The molecule has 12 nitrogen and oxygen atoms in total. The van der Waals surface area contributed by atoms with Gasteiger partial charge in [0.05, 0.1) is 18.8 Å². The fourth-order valence-corrected chi connectivity index (χ4v) is 3.58. The highest BCUT2D eigenvalue weighted by atomic mass is 16.7. The van der Waals surface area contributed by atoms with Crippen LogP contribution in [0.3, 0.4) is 0 Å². The van der Waals surface area contributed by atoms with Gasteiger partial charge in [-0.2, -0.15) is 0 Å². The zero-order valence-corrected chi connectivity index (χ0v) is 17.3. The lowest BCUT2D eigenvalue weighted by Crippen LogP contribution is -2.68. The zero-order chi connectivity index (χ0) is 22.7. The standard InChI is InChI=1S/C18H32N2O10/c1-6(2)19-17(27)16-13(25)12(24)14(26)18(30-16)29-15-10(20-8(4)22)7(3)28-9(5-21)11(15)23/h6-7,9-16,18,21,23-26H,5H2,1-4H3,(H,19,27)(H,20,22). The molecule has 0 radical (unpaired) electrons. The van der Waals surface area contributed by atoms with Crippen LogP contribution >= 0.6 is 0 Å². The number of hydrogen-bond donors (Lipinski definition) is 7. The van der Waals surface area contributed by atoms with E-state index in [1.807, 2.05) is 0 Å². The molecule has 2 aliphatic heterocycles. The van der Waals surface area contributed by atoms with Crippen LogP contribution < -0.4 is 10.6 Å². The molecular formula is C18H32N2O10. The molecule has 2 fully saturated rings. The second-order valence-corrected chi connectivity index (χ2v) is 7.94. The van der Waals surface area contributed by atoms with E-state index in [1.165, 1.54) is 6.92 Å². The van der Waals surface area contributed by atoms with Crippen molar-refractivity contribution in [3.05, 3.63) is 0 Å². The number of ether oxygens (including phenoxy) is 3. The number of carbonyl (C=O) groups excluding carboxylic acids is 2. The van der Waals surface area contributed by atoms with Crippen LogP contribution in [0.25, 0.3) is 0 Å². The van der Waals surface area contributed by atoms with Gasteiger partial charge in [-0.3, -0.25) is 9.59 Å². The smallest absolute Gasteiger partial charge is 0.252 e. The Balaban J connectivity index is 2.25. The number of rotatable bonds is 6. The number of carbonyl (C=O) groups is 2. The minimum Gasteiger partial charge on any atom is -0.394 e. The van der Waals surface area contributed by atoms with Crippen molar-refractivity contribution < 1.29 is 49.3 Å². The third-order valence-corrected chi connectivity index (χ3v) is 5.07. The van der Waals surface area contributed by atoms with E-state index in [1.54, 1.807) is 20.8 Å². The van der Waals surface area contributed by atoms with Crippen molar-refractivity contribution in [1.29, 1.82) is 0 Å². The van der Waals surface area contributed by atoms with Gasteiger partial charge in [-0.15, -0.1) is 0 Å². The predicted molar refractivity (Wildman–Crippen MR) is 99.9 cm³/mol. The topological polar surface area (TPSA) is 187 Å². The number of amides is 2. The molecular weight excluding hydrogens is 404 g/mol. The van der Waals surface area contributed by atoms with E-state index in [-0.39, 0.29) is 6.04 Å². The zero-order valence-electron chi connectivity index (χ0n) is 17.3. The molecule has 0 spiro atoms. The van der Waals surface area contributed by atoms with Gasteiger partial charge in [0, 0.05) is 13.0 Å². The van der Waals surface area contributed by atoms with E-state index >= 15 is 0 Å². The van der Waals surface area contributed by atoms with E-state index in [0.29, 0.717) is 0 Å². The van der Waals surface area contributed by atoms with Crippen LogP contribution in [0.5, 0.6) is 0 Å². The predicted octanol–water partition coefficient (Wildman–Crippen LogP) is -3.65. The van der Waals surface area contributed by atoms with Gasteiger partial charge >= 0.3 is 0 Å². The Labute approximate surface area is 174 Å². The largest absolute Gasteiger partial charge is 0.394 e. The lowest BCUT2D eigenvalue weighted by atomic mass is 9.92. The molecule has 10 unspecified atom stereocenters. The van der Waals surface area contributed by atoms with E-state index in [9.17, 15) is 35.1 Å². The highest BCUT2D eigenvalue weighted by Crippen LogP contribution is 2.29. The van der Waals surface area contributed by atoms with Crippen LogP contribution in [0, 0.1) is 0 Å². The molecule has 0 aromatic heterocycles. The van der Waals surface area contributed by atoms with Crippen molar-refractivity contribution >= 4 is 11.8 Å². The molecule has 0 aromatic carbocycles. The van der Waals surface area contributed by atoms with Gasteiger partial charge < -0.3 is 50.4 Å². The molecule has 10 atom stereocenters. The molecule has 2 heterocycles. The summed E-state index contributed by atoms with van der Waals surface area (Å²) >= 11 is 0. The first-order valence-corrected chi connectivity index (χ1v) is 9.84. The summed E-state index contributed by atoms with van der Waals surface area (Å²) in [5.74, 6) is -1.15. The number of hydrogen-bond acceptors (Lipinski definition) is 10. The highest BCUT2D eigenvalue weighted by molar-refractivity contribution is 5.82. The Morgan fingerprint density at radius 2 is 1.67 bits per heavy atom. The molecule has 2 saturated heterocycles. The quantitative estimate of drug-likeness (QED) is 0.219. The Morgan fingerprint density at radius 1 is 1.03 bits per heavy atom. The maximum absolute atomic E-state index is 12.3. The summed E-state index contributed by atoms with van der Waals surface area (Å²) in [7, 11) is 0. The molecule has 2 amide bonds. The number of aliphatic hydroxyl groups is 5. The van der Waals surface area contributed by atoms with Crippen LogP contribution in [-0.4, -0.2) is 111 Å². The van der Waals surface area contributed by atoms with E-state index in [2.05, 4.69) is 10.6 Å². The highest BCUT2D eigenvalue weighted by Gasteiger charge is 2.51. The minimum atomic E-state index is -1.77. The molecule has 0 aromatic rings. The van der Waals surface area contributed by atoms with Gasteiger partial charge in [0.2, 0.25) is 5.91 Å². The van der Waals surface area contributed by atoms with Crippen LogP contribution in [0.15, 0.2) is 0 Å². The lowest BCUT2D eigenvalue weighted by molar-refractivity contribution is -0.323. The first-order chi connectivity index (χ1) is 14.0. The van der Waals surface area contributed by atoms with E-state index in [0.717, 1.165) is 0 Å². The van der Waals surface area contributed by atoms with Crippen molar-refractivity contribution in [2.45, 2.75) is 94.9 Å². The molecule has 0 bridgehead atoms. The summed E-state index contributed by atoms with van der Waals surface area (Å²) in [5.41, 5.74) is 0. The first kappa shape index (κ1) is 24.9. The second kappa shape index (κ2) is 10.3. The normalized spacial score (nSPS) is 42.1. The molecule has 30 heavy (non-hydrogen) atoms. The van der Waals surface area contributed by atoms with Gasteiger partial charge in [-0.25, -0.2) is 0 Å². The summed E-state index contributed by atoms with van der Waals surface area (Å²) in [5, 5.41) is 55.8. The average Bonchev–Trinajstić information content (AvgIpc) is 2.66. The van der Waals surface area contributed by atoms with Crippen LogP contribution in [-0.2, 0) is 23.8 Å². The van der Waals surface area contributed by atoms with E-state index in [4.69, 9.17) is 14.2 Å². The summed E-state index contributed by atoms with van der Waals surface area (Å²) in [6.07, 6.45) is -12.8. The van der Waals surface area contributed by atoms with Gasteiger partial charge in [0.1, 0.15) is 36.6 Å². The number of nitrogens with one attached hydrogen (secondary N) is 2. The van der Waals surface area contributed by atoms with Crippen molar-refractivity contribution in [3.63, 3.8) is 0 Å². The van der Waals surface area contributed by atoms with Crippen LogP contribution in [0.1, 0.15) is 27.7 Å². The Morgan fingerprint density at radius 3 is 2.20 bits per heavy atom.